The molecule has 4 nitrogen and oxygen atoms in total. The van der Waals surface area contributed by atoms with Gasteiger partial charge in [0.15, 0.2) is 0 Å². The lowest BCUT2D eigenvalue weighted by Crippen LogP contribution is -2.51. The van der Waals surface area contributed by atoms with Crippen molar-refractivity contribution in [2.24, 2.45) is 5.92 Å². The molecule has 1 aliphatic carbocycles. The van der Waals surface area contributed by atoms with E-state index in [1.165, 1.54) is 18.4 Å². The van der Waals surface area contributed by atoms with Crippen molar-refractivity contribution in [3.63, 3.8) is 0 Å². The van der Waals surface area contributed by atoms with Crippen LogP contribution in [-0.2, 0) is 15.1 Å². The Kier molecular flexibility index (Phi) is 4.71. The minimum atomic E-state index is -0.617. The van der Waals surface area contributed by atoms with Crippen LogP contribution in [-0.4, -0.2) is 29.7 Å². The summed E-state index contributed by atoms with van der Waals surface area (Å²) >= 11 is 3.51. The van der Waals surface area contributed by atoms with Crippen molar-refractivity contribution in [2.75, 3.05) is 13.2 Å². The van der Waals surface area contributed by atoms with E-state index in [9.17, 15) is 4.79 Å². The second-order valence-electron chi connectivity index (χ2n) is 8.92. The molecular weight excluding hydrogens is 430 g/mol. The molecule has 2 saturated heterocycles. The van der Waals surface area contributed by atoms with Crippen molar-refractivity contribution in [3.05, 3.63) is 70.2 Å². The zero-order chi connectivity index (χ0) is 20.1. The highest BCUT2D eigenvalue weighted by atomic mass is 79.9. The topological polar surface area (TPSA) is 42.1 Å². The first-order valence-corrected chi connectivity index (χ1v) is 11.2. The Morgan fingerprint density at radius 2 is 1.83 bits per heavy atom. The van der Waals surface area contributed by atoms with Crippen LogP contribution in [0.1, 0.15) is 49.8 Å². The molecule has 2 heterocycles. The maximum absolute atomic E-state index is 13.4. The Morgan fingerprint density at radius 3 is 2.41 bits per heavy atom. The third kappa shape index (κ3) is 3.82. The third-order valence-corrected chi connectivity index (χ3v) is 7.01. The highest BCUT2D eigenvalue weighted by Crippen LogP contribution is 2.50. The standard InChI is InChI=1S/C24H26BrNO3/c1-23(16-28-23)15-24(19-5-3-2-4-6-19)13-14-26(22(27)29-24)21(17-7-8-17)18-9-11-20(25)12-10-18/h2-6,9-12,17,21H,7-8,13-16H2,1H3/t21?,23?,24-/m0/s1. The number of halogens is 1. The smallest absolute Gasteiger partial charge is 0.411 e. The van der Waals surface area contributed by atoms with Gasteiger partial charge in [-0.1, -0.05) is 58.4 Å². The van der Waals surface area contributed by atoms with Crippen LogP contribution in [0.5, 0.6) is 0 Å². The summed E-state index contributed by atoms with van der Waals surface area (Å²) in [5.74, 6) is 0.525. The number of benzene rings is 2. The number of nitrogens with zero attached hydrogens (tertiary/aromatic N) is 1. The molecule has 2 aromatic rings. The lowest BCUT2D eigenvalue weighted by molar-refractivity contribution is -0.0780. The van der Waals surface area contributed by atoms with Crippen LogP contribution in [0.4, 0.5) is 4.79 Å². The highest BCUT2D eigenvalue weighted by Gasteiger charge is 2.53. The first-order valence-electron chi connectivity index (χ1n) is 10.4. The van der Waals surface area contributed by atoms with Gasteiger partial charge in [-0.25, -0.2) is 4.79 Å². The van der Waals surface area contributed by atoms with Crippen LogP contribution in [0.25, 0.3) is 0 Å². The molecule has 0 aromatic heterocycles. The summed E-state index contributed by atoms with van der Waals surface area (Å²) in [5, 5.41) is 0. The predicted molar refractivity (Wildman–Crippen MR) is 115 cm³/mol. The van der Waals surface area contributed by atoms with E-state index in [4.69, 9.17) is 9.47 Å². The largest absolute Gasteiger partial charge is 0.438 e. The van der Waals surface area contributed by atoms with Crippen LogP contribution < -0.4 is 0 Å². The molecule has 0 N–H and O–H groups in total. The number of rotatable bonds is 6. The van der Waals surface area contributed by atoms with Crippen LogP contribution >= 0.6 is 15.9 Å². The second kappa shape index (κ2) is 7.13. The van der Waals surface area contributed by atoms with Crippen LogP contribution in [0.2, 0.25) is 0 Å². The lowest BCUT2D eigenvalue weighted by Gasteiger charge is -2.45. The molecule has 5 rings (SSSR count). The molecule has 1 amide bonds. The zero-order valence-corrected chi connectivity index (χ0v) is 18.2. The van der Waals surface area contributed by atoms with Gasteiger partial charge < -0.3 is 14.4 Å². The van der Waals surface area contributed by atoms with E-state index < -0.39 is 5.60 Å². The van der Waals surface area contributed by atoms with Gasteiger partial charge in [0, 0.05) is 23.9 Å². The Morgan fingerprint density at radius 1 is 1.14 bits per heavy atom. The summed E-state index contributed by atoms with van der Waals surface area (Å²) in [6.45, 7) is 3.53. The van der Waals surface area contributed by atoms with Gasteiger partial charge >= 0.3 is 6.09 Å². The van der Waals surface area contributed by atoms with Gasteiger partial charge in [0.25, 0.3) is 0 Å². The lowest BCUT2D eigenvalue weighted by atomic mass is 9.81. The second-order valence-corrected chi connectivity index (χ2v) is 9.84. The summed E-state index contributed by atoms with van der Waals surface area (Å²) in [4.78, 5) is 15.3. The van der Waals surface area contributed by atoms with E-state index in [0.29, 0.717) is 18.9 Å². The number of carbonyl (C=O) groups is 1. The fraction of sp³-hybridized carbons (Fsp3) is 0.458. The minimum absolute atomic E-state index is 0.0946. The first-order chi connectivity index (χ1) is 14.0. The van der Waals surface area contributed by atoms with E-state index in [1.54, 1.807) is 0 Å². The molecule has 0 radical (unpaired) electrons. The minimum Gasteiger partial charge on any atom is -0.438 e. The Hall–Kier alpha value is -1.85. The van der Waals surface area contributed by atoms with Gasteiger partial charge in [-0.3, -0.25) is 0 Å². The van der Waals surface area contributed by atoms with Crippen molar-refractivity contribution in [3.8, 4) is 0 Å². The number of hydrogen-bond donors (Lipinski definition) is 0. The number of cyclic esters (lactones) is 1. The zero-order valence-electron chi connectivity index (χ0n) is 16.6. The number of carbonyl (C=O) groups excluding carboxylic acids is 1. The molecular formula is C24H26BrNO3. The van der Waals surface area contributed by atoms with Crippen molar-refractivity contribution < 1.29 is 14.3 Å². The summed E-state index contributed by atoms with van der Waals surface area (Å²) < 4.78 is 13.0. The molecule has 29 heavy (non-hydrogen) atoms. The third-order valence-electron chi connectivity index (χ3n) is 6.49. The molecule has 3 atom stereocenters. The van der Waals surface area contributed by atoms with Gasteiger partial charge in [-0.2, -0.15) is 0 Å². The number of amides is 1. The number of epoxide rings is 1. The summed E-state index contributed by atoms with van der Waals surface area (Å²) in [7, 11) is 0. The average molecular weight is 456 g/mol. The molecule has 1 saturated carbocycles. The Labute approximate surface area is 180 Å². The fourth-order valence-electron chi connectivity index (χ4n) is 4.70. The highest BCUT2D eigenvalue weighted by molar-refractivity contribution is 9.10. The molecule has 152 valence electrons. The molecule has 3 fully saturated rings. The van der Waals surface area contributed by atoms with Gasteiger partial charge in [0.2, 0.25) is 0 Å². The van der Waals surface area contributed by atoms with Gasteiger partial charge in [-0.05, 0) is 48.9 Å². The number of ether oxygens (including phenoxy) is 2. The first kappa shape index (κ1) is 19.1. The van der Waals surface area contributed by atoms with Gasteiger partial charge in [0.05, 0.1) is 18.2 Å². The monoisotopic (exact) mass is 455 g/mol. The quantitative estimate of drug-likeness (QED) is 0.515. The van der Waals surface area contributed by atoms with Crippen molar-refractivity contribution in [1.29, 1.82) is 0 Å². The van der Waals surface area contributed by atoms with E-state index in [1.807, 2.05) is 23.1 Å². The molecule has 3 aliphatic rings. The van der Waals surface area contributed by atoms with Crippen molar-refractivity contribution >= 4 is 22.0 Å². The predicted octanol–water partition coefficient (Wildman–Crippen LogP) is 5.82. The molecule has 5 heteroatoms. The Bertz CT molecular complexity index is 892. The number of hydrogen-bond acceptors (Lipinski definition) is 3. The maximum atomic E-state index is 13.4. The van der Waals surface area contributed by atoms with E-state index in [0.717, 1.165) is 23.1 Å². The van der Waals surface area contributed by atoms with Gasteiger partial charge in [-0.15, -0.1) is 0 Å². The van der Waals surface area contributed by atoms with Crippen LogP contribution in [0.3, 0.4) is 0 Å². The van der Waals surface area contributed by atoms with Crippen LogP contribution in [0, 0.1) is 5.92 Å². The normalized spacial score (nSPS) is 30.0. The summed E-state index contributed by atoms with van der Waals surface area (Å²) in [6, 6.07) is 18.6. The molecule has 2 aliphatic heterocycles. The molecule has 2 aromatic carbocycles. The average Bonchev–Trinajstić information content (AvgIpc) is 3.65. The molecule has 2 unspecified atom stereocenters. The van der Waals surface area contributed by atoms with E-state index >= 15 is 0 Å². The van der Waals surface area contributed by atoms with Gasteiger partial charge in [0.1, 0.15) is 5.60 Å². The van der Waals surface area contributed by atoms with Crippen molar-refractivity contribution in [2.45, 2.75) is 49.9 Å². The SMILES string of the molecule is CC1(C[C@]2(c3ccccc3)CCN(C(c3ccc(Br)cc3)C3CC3)C(=O)O2)CO1. The maximum Gasteiger partial charge on any atom is 0.411 e. The van der Waals surface area contributed by atoms with Crippen LogP contribution in [0.15, 0.2) is 59.1 Å². The van der Waals surface area contributed by atoms with E-state index in [-0.39, 0.29) is 17.7 Å². The Balaban J connectivity index is 1.43. The molecule has 0 bridgehead atoms. The van der Waals surface area contributed by atoms with Crippen molar-refractivity contribution in [1.82, 2.24) is 4.90 Å². The summed E-state index contributed by atoms with van der Waals surface area (Å²) in [6.07, 6.45) is 3.61. The van der Waals surface area contributed by atoms with E-state index in [2.05, 4.69) is 59.3 Å². The summed E-state index contributed by atoms with van der Waals surface area (Å²) in [5.41, 5.74) is 1.45. The molecule has 0 spiro atoms. The fourth-order valence-corrected chi connectivity index (χ4v) is 4.97.